The fourth-order valence-electron chi connectivity index (χ4n) is 2.25. The first-order valence-electron chi connectivity index (χ1n) is 7.17. The summed E-state index contributed by atoms with van der Waals surface area (Å²) >= 11 is 15.4. The van der Waals surface area contributed by atoms with E-state index in [2.05, 4.69) is 26.3 Å². The number of carbonyl (C=O) groups excluding carboxylic acids is 1. The van der Waals surface area contributed by atoms with Crippen LogP contribution >= 0.6 is 39.1 Å². The predicted octanol–water partition coefficient (Wildman–Crippen LogP) is 5.39. The molecule has 3 rings (SSSR count). The second kappa shape index (κ2) is 7.56. The van der Waals surface area contributed by atoms with Crippen molar-refractivity contribution in [2.24, 2.45) is 0 Å². The lowest BCUT2D eigenvalue weighted by Crippen LogP contribution is -2.17. The molecule has 128 valence electrons. The zero-order chi connectivity index (χ0) is 18.0. The van der Waals surface area contributed by atoms with Crippen LogP contribution in [0.25, 0.3) is 0 Å². The molecule has 3 aromatic rings. The van der Waals surface area contributed by atoms with E-state index in [1.165, 1.54) is 18.3 Å². The molecule has 1 amide bonds. The van der Waals surface area contributed by atoms with Gasteiger partial charge in [0.2, 0.25) is 0 Å². The molecule has 0 aliphatic rings. The number of nitrogens with one attached hydrogen (secondary N) is 1. The van der Waals surface area contributed by atoms with E-state index in [4.69, 9.17) is 23.2 Å². The molecule has 0 saturated heterocycles. The van der Waals surface area contributed by atoms with Gasteiger partial charge in [-0.25, -0.2) is 9.07 Å². The van der Waals surface area contributed by atoms with Crippen LogP contribution in [0.15, 0.2) is 53.1 Å². The van der Waals surface area contributed by atoms with E-state index in [-0.39, 0.29) is 5.56 Å². The molecule has 1 N–H and O–H groups in total. The summed E-state index contributed by atoms with van der Waals surface area (Å²) in [4.78, 5) is 12.3. The van der Waals surface area contributed by atoms with Gasteiger partial charge in [-0.2, -0.15) is 5.10 Å². The molecule has 0 aliphatic heterocycles. The highest BCUT2D eigenvalue weighted by atomic mass is 79.9. The zero-order valence-corrected chi connectivity index (χ0v) is 15.7. The molecule has 1 heterocycles. The standard InChI is InChI=1S/C17H11BrCl2FN3O/c18-11-4-5-12(14(21)8-11)17(25)23-15-6-7-22-24(15)9-10-2-1-3-13(19)16(10)20/h1-8H,9H2,(H,23,25). The zero-order valence-electron chi connectivity index (χ0n) is 12.6. The van der Waals surface area contributed by atoms with Crippen molar-refractivity contribution in [3.63, 3.8) is 0 Å². The van der Waals surface area contributed by atoms with Gasteiger partial charge in [-0.3, -0.25) is 4.79 Å². The minimum atomic E-state index is -0.615. The van der Waals surface area contributed by atoms with Crippen LogP contribution in [0, 0.1) is 5.82 Å². The van der Waals surface area contributed by atoms with E-state index in [1.54, 1.807) is 28.9 Å². The van der Waals surface area contributed by atoms with Crippen molar-refractivity contribution in [3.8, 4) is 0 Å². The van der Waals surface area contributed by atoms with Gasteiger partial charge in [-0.15, -0.1) is 0 Å². The maximum atomic E-state index is 13.9. The molecule has 0 aliphatic carbocycles. The fraction of sp³-hybridized carbons (Fsp3) is 0.0588. The highest BCUT2D eigenvalue weighted by molar-refractivity contribution is 9.10. The van der Waals surface area contributed by atoms with Crippen LogP contribution in [-0.4, -0.2) is 15.7 Å². The average Bonchev–Trinajstić information content (AvgIpc) is 2.98. The Morgan fingerprint density at radius 3 is 2.80 bits per heavy atom. The maximum Gasteiger partial charge on any atom is 0.259 e. The Kier molecular flexibility index (Phi) is 5.42. The first-order valence-corrected chi connectivity index (χ1v) is 8.71. The number of hydrogen-bond acceptors (Lipinski definition) is 2. The molecular weight excluding hydrogens is 432 g/mol. The number of benzene rings is 2. The lowest BCUT2D eigenvalue weighted by atomic mass is 10.2. The van der Waals surface area contributed by atoms with Gasteiger partial charge in [0.05, 0.1) is 28.4 Å². The van der Waals surface area contributed by atoms with Crippen LogP contribution in [0.2, 0.25) is 10.0 Å². The minimum Gasteiger partial charge on any atom is -0.307 e. The van der Waals surface area contributed by atoms with Crippen molar-refractivity contribution >= 4 is 50.9 Å². The summed E-state index contributed by atoms with van der Waals surface area (Å²) in [5.41, 5.74) is 0.694. The lowest BCUT2D eigenvalue weighted by Gasteiger charge is -2.11. The van der Waals surface area contributed by atoms with Crippen molar-refractivity contribution in [2.75, 3.05) is 5.32 Å². The van der Waals surface area contributed by atoms with E-state index in [0.29, 0.717) is 26.9 Å². The highest BCUT2D eigenvalue weighted by Crippen LogP contribution is 2.27. The minimum absolute atomic E-state index is 0.0586. The van der Waals surface area contributed by atoms with Gasteiger partial charge in [0, 0.05) is 10.5 Å². The van der Waals surface area contributed by atoms with Gasteiger partial charge in [-0.05, 0) is 29.8 Å². The third-order valence-electron chi connectivity index (χ3n) is 3.49. The Bertz CT molecular complexity index is 945. The van der Waals surface area contributed by atoms with Crippen molar-refractivity contribution in [1.29, 1.82) is 0 Å². The number of anilines is 1. The molecule has 0 fully saturated rings. The van der Waals surface area contributed by atoms with E-state index in [1.807, 2.05) is 6.07 Å². The summed E-state index contributed by atoms with van der Waals surface area (Å²) in [6.45, 7) is 0.310. The Labute approximate surface area is 161 Å². The number of hydrogen-bond donors (Lipinski definition) is 1. The Morgan fingerprint density at radius 1 is 1.24 bits per heavy atom. The summed E-state index contributed by atoms with van der Waals surface area (Å²) in [6.07, 6.45) is 1.53. The molecule has 4 nitrogen and oxygen atoms in total. The molecular formula is C17H11BrCl2FN3O. The number of amides is 1. The van der Waals surface area contributed by atoms with E-state index in [9.17, 15) is 9.18 Å². The van der Waals surface area contributed by atoms with Crippen LogP contribution in [0.5, 0.6) is 0 Å². The molecule has 0 saturated carbocycles. The Hall–Kier alpha value is -1.89. The van der Waals surface area contributed by atoms with Gasteiger partial charge in [0.25, 0.3) is 5.91 Å². The predicted molar refractivity (Wildman–Crippen MR) is 99.8 cm³/mol. The first kappa shape index (κ1) is 17.9. The van der Waals surface area contributed by atoms with Gasteiger partial charge >= 0.3 is 0 Å². The Morgan fingerprint density at radius 2 is 2.04 bits per heavy atom. The lowest BCUT2D eigenvalue weighted by molar-refractivity contribution is 0.102. The molecule has 1 aromatic heterocycles. The molecule has 0 atom stereocenters. The van der Waals surface area contributed by atoms with Gasteiger partial charge in [0.15, 0.2) is 0 Å². The summed E-state index contributed by atoms with van der Waals surface area (Å²) in [7, 11) is 0. The molecule has 0 bridgehead atoms. The third kappa shape index (κ3) is 4.03. The monoisotopic (exact) mass is 441 g/mol. The first-order chi connectivity index (χ1) is 12.0. The topological polar surface area (TPSA) is 46.9 Å². The van der Waals surface area contributed by atoms with Gasteiger partial charge < -0.3 is 5.32 Å². The van der Waals surface area contributed by atoms with Crippen molar-refractivity contribution in [1.82, 2.24) is 9.78 Å². The van der Waals surface area contributed by atoms with Crippen LogP contribution in [0.1, 0.15) is 15.9 Å². The third-order valence-corrected chi connectivity index (χ3v) is 4.84. The number of halogens is 4. The summed E-state index contributed by atoms with van der Waals surface area (Å²) < 4.78 is 16.0. The number of carbonyl (C=O) groups is 1. The number of aromatic nitrogens is 2. The Balaban J connectivity index is 1.82. The average molecular weight is 443 g/mol. The summed E-state index contributed by atoms with van der Waals surface area (Å²) in [5, 5.41) is 7.68. The molecule has 25 heavy (non-hydrogen) atoms. The maximum absolute atomic E-state index is 13.9. The van der Waals surface area contributed by atoms with Gasteiger partial charge in [0.1, 0.15) is 11.6 Å². The highest BCUT2D eigenvalue weighted by Gasteiger charge is 2.15. The quantitative estimate of drug-likeness (QED) is 0.588. The van der Waals surface area contributed by atoms with Crippen molar-refractivity contribution in [3.05, 3.63) is 80.1 Å². The number of nitrogens with zero attached hydrogens (tertiary/aromatic N) is 2. The molecule has 0 radical (unpaired) electrons. The second-order valence-electron chi connectivity index (χ2n) is 5.17. The summed E-state index contributed by atoms with van der Waals surface area (Å²) in [6, 6.07) is 11.1. The molecule has 0 unspecified atom stereocenters. The second-order valence-corrected chi connectivity index (χ2v) is 6.87. The number of rotatable bonds is 4. The smallest absolute Gasteiger partial charge is 0.259 e. The van der Waals surface area contributed by atoms with Crippen LogP contribution < -0.4 is 5.32 Å². The van der Waals surface area contributed by atoms with Crippen LogP contribution in [-0.2, 0) is 6.54 Å². The SMILES string of the molecule is O=C(Nc1ccnn1Cc1cccc(Cl)c1Cl)c1ccc(Br)cc1F. The molecule has 2 aromatic carbocycles. The van der Waals surface area contributed by atoms with Crippen LogP contribution in [0.4, 0.5) is 10.2 Å². The van der Waals surface area contributed by atoms with E-state index < -0.39 is 11.7 Å². The fourth-order valence-corrected chi connectivity index (χ4v) is 2.97. The normalized spacial score (nSPS) is 10.7. The van der Waals surface area contributed by atoms with E-state index in [0.717, 1.165) is 5.56 Å². The molecule has 0 spiro atoms. The largest absolute Gasteiger partial charge is 0.307 e. The van der Waals surface area contributed by atoms with E-state index >= 15 is 0 Å². The van der Waals surface area contributed by atoms with Crippen molar-refractivity contribution < 1.29 is 9.18 Å². The van der Waals surface area contributed by atoms with Crippen molar-refractivity contribution in [2.45, 2.75) is 6.54 Å². The van der Waals surface area contributed by atoms with Crippen LogP contribution in [0.3, 0.4) is 0 Å². The van der Waals surface area contributed by atoms with Gasteiger partial charge in [-0.1, -0.05) is 51.3 Å². The molecule has 8 heteroatoms. The summed E-state index contributed by atoms with van der Waals surface area (Å²) in [5.74, 6) is -0.761.